The maximum Gasteiger partial charge on any atom is 0.433 e. The molecule has 1 amide bonds. The number of benzene rings is 2. The third kappa shape index (κ3) is 5.08. The van der Waals surface area contributed by atoms with Gasteiger partial charge in [-0.05, 0) is 72.4 Å². The van der Waals surface area contributed by atoms with Crippen LogP contribution in [0.15, 0.2) is 75.8 Å². The lowest BCUT2D eigenvalue weighted by Crippen LogP contribution is -2.34. The predicted octanol–water partition coefficient (Wildman–Crippen LogP) is 5.45. The van der Waals surface area contributed by atoms with Crippen molar-refractivity contribution in [1.82, 2.24) is 5.01 Å². The van der Waals surface area contributed by atoms with Crippen LogP contribution in [0, 0.1) is 27.7 Å². The largest absolute Gasteiger partial charge is 0.450 e. The fourth-order valence-electron chi connectivity index (χ4n) is 4.76. The fraction of sp³-hybridized carbons (Fsp3) is 0.222. The van der Waals surface area contributed by atoms with E-state index in [-0.39, 0.29) is 11.7 Å². The highest BCUT2D eigenvalue weighted by atomic mass is 19.1. The summed E-state index contributed by atoms with van der Waals surface area (Å²) in [6, 6.07) is 13.4. The molecule has 1 saturated carbocycles. The van der Waals surface area contributed by atoms with Gasteiger partial charge in [-0.15, -0.1) is 0 Å². The van der Waals surface area contributed by atoms with E-state index in [1.54, 1.807) is 24.3 Å². The molecule has 2 atom stereocenters. The van der Waals surface area contributed by atoms with Crippen LogP contribution in [0.3, 0.4) is 0 Å². The molecular weight excluding hydrogens is 500 g/mol. The minimum absolute atomic E-state index is 0.187. The molecule has 0 bridgehead atoms. The van der Waals surface area contributed by atoms with Gasteiger partial charge in [-0.2, -0.15) is 5.10 Å². The molecule has 0 unspecified atom stereocenters. The van der Waals surface area contributed by atoms with Crippen LogP contribution in [-0.2, 0) is 9.53 Å². The molecule has 2 aliphatic rings. The van der Waals surface area contributed by atoms with Crippen molar-refractivity contribution in [3.05, 3.63) is 105 Å². The number of carbonyl (C=O) groups excluding carboxylic acids is 2. The molecule has 0 N–H and O–H groups in total. The van der Waals surface area contributed by atoms with Gasteiger partial charge in [-0.25, -0.2) is 18.6 Å². The van der Waals surface area contributed by atoms with Gasteiger partial charge in [0.15, 0.2) is 6.61 Å². The standard InChI is InChI=1S/C27H21F2N3O6/c28-19-8-4-16(5-9-19)14-18-2-1-3-21-25(18)30-31(26(21)17-6-10-20(29)11-7-17)23(33)15-37-27(34)22-12-13-24(38-22)32(35)36/h4-14,21,26H,1-3,15H2/b18-14-/t21-,26-/m0/s1. The molecule has 3 aromatic rings. The zero-order valence-electron chi connectivity index (χ0n) is 19.9. The number of halogens is 2. The number of amides is 1. The molecule has 5 rings (SSSR count). The van der Waals surface area contributed by atoms with Crippen LogP contribution >= 0.6 is 0 Å². The normalized spacial score (nSPS) is 19.7. The lowest BCUT2D eigenvalue weighted by molar-refractivity contribution is -0.402. The number of nitrogens with zero attached hydrogens (tertiary/aromatic N) is 3. The molecule has 1 aromatic heterocycles. The number of allylic oxidation sites excluding steroid dienone is 1. The maximum atomic E-state index is 13.7. The minimum atomic E-state index is -1.04. The van der Waals surface area contributed by atoms with Crippen LogP contribution in [0.5, 0.6) is 0 Å². The number of hydrogen-bond acceptors (Lipinski definition) is 7. The van der Waals surface area contributed by atoms with Gasteiger partial charge in [-0.1, -0.05) is 24.3 Å². The average molecular weight is 521 g/mol. The second kappa shape index (κ2) is 10.4. The molecule has 0 spiro atoms. The van der Waals surface area contributed by atoms with Crippen molar-refractivity contribution in [1.29, 1.82) is 0 Å². The Morgan fingerprint density at radius 2 is 1.76 bits per heavy atom. The van der Waals surface area contributed by atoms with E-state index in [0.29, 0.717) is 17.7 Å². The van der Waals surface area contributed by atoms with Crippen LogP contribution in [0.25, 0.3) is 6.08 Å². The molecule has 9 nitrogen and oxygen atoms in total. The Morgan fingerprint density at radius 1 is 1.08 bits per heavy atom. The quantitative estimate of drug-likeness (QED) is 0.242. The van der Waals surface area contributed by atoms with Crippen molar-refractivity contribution in [2.45, 2.75) is 25.3 Å². The summed E-state index contributed by atoms with van der Waals surface area (Å²) < 4.78 is 36.9. The summed E-state index contributed by atoms with van der Waals surface area (Å²) in [7, 11) is 0. The van der Waals surface area contributed by atoms with Gasteiger partial charge in [0, 0.05) is 5.92 Å². The van der Waals surface area contributed by atoms with E-state index in [2.05, 4.69) is 5.10 Å². The molecule has 1 fully saturated rings. The second-order valence-electron chi connectivity index (χ2n) is 8.91. The minimum Gasteiger partial charge on any atom is -0.450 e. The number of rotatable bonds is 6. The number of hydrogen-bond donors (Lipinski definition) is 0. The van der Waals surface area contributed by atoms with Crippen molar-refractivity contribution in [3.8, 4) is 0 Å². The molecule has 194 valence electrons. The molecule has 1 aliphatic heterocycles. The number of esters is 1. The van der Waals surface area contributed by atoms with Gasteiger partial charge in [0.05, 0.1) is 17.8 Å². The summed E-state index contributed by atoms with van der Waals surface area (Å²) in [5.41, 5.74) is 3.04. The highest BCUT2D eigenvalue weighted by Crippen LogP contribution is 2.44. The Bertz CT molecular complexity index is 1450. The van der Waals surface area contributed by atoms with Gasteiger partial charge < -0.3 is 9.15 Å². The van der Waals surface area contributed by atoms with Crippen LogP contribution in [0.4, 0.5) is 14.7 Å². The topological polar surface area (TPSA) is 115 Å². The van der Waals surface area contributed by atoms with Crippen LogP contribution in [-0.4, -0.2) is 34.1 Å². The van der Waals surface area contributed by atoms with Crippen LogP contribution in [0.2, 0.25) is 0 Å². The first-order chi connectivity index (χ1) is 18.3. The number of ether oxygens (including phenoxy) is 1. The third-order valence-corrected chi connectivity index (χ3v) is 6.48. The first kappa shape index (κ1) is 25.0. The summed E-state index contributed by atoms with van der Waals surface area (Å²) >= 11 is 0. The summed E-state index contributed by atoms with van der Waals surface area (Å²) in [6.45, 7) is -0.689. The fourth-order valence-corrected chi connectivity index (χ4v) is 4.76. The molecule has 0 radical (unpaired) electrons. The van der Waals surface area contributed by atoms with E-state index in [0.717, 1.165) is 36.1 Å². The lowest BCUT2D eigenvalue weighted by atomic mass is 9.77. The first-order valence-electron chi connectivity index (χ1n) is 11.8. The van der Waals surface area contributed by atoms with E-state index in [1.807, 2.05) is 6.08 Å². The van der Waals surface area contributed by atoms with E-state index in [1.165, 1.54) is 29.3 Å². The third-order valence-electron chi connectivity index (χ3n) is 6.48. The number of fused-ring (bicyclic) bond motifs is 1. The highest BCUT2D eigenvalue weighted by Gasteiger charge is 2.44. The number of carbonyl (C=O) groups is 2. The number of hydrazone groups is 1. The summed E-state index contributed by atoms with van der Waals surface area (Å²) in [5, 5.41) is 16.7. The SMILES string of the molecule is O=C(OCC(=O)N1N=C2/C(=C\c3ccc(F)cc3)CCC[C@@H]2[C@@H]1c1ccc(F)cc1)c1ccc([N+](=O)[O-])o1. The molecule has 2 aromatic carbocycles. The van der Waals surface area contributed by atoms with Crippen LogP contribution < -0.4 is 0 Å². The zero-order chi connectivity index (χ0) is 26.8. The van der Waals surface area contributed by atoms with Crippen molar-refractivity contribution < 1.29 is 32.4 Å². The Morgan fingerprint density at radius 3 is 2.42 bits per heavy atom. The van der Waals surface area contributed by atoms with E-state index >= 15 is 0 Å². The molecular formula is C27H21F2N3O6. The molecule has 2 heterocycles. The maximum absolute atomic E-state index is 13.7. The lowest BCUT2D eigenvalue weighted by Gasteiger charge is -2.29. The van der Waals surface area contributed by atoms with Gasteiger partial charge in [0.25, 0.3) is 5.91 Å². The molecule has 0 saturated heterocycles. The zero-order valence-corrected chi connectivity index (χ0v) is 19.9. The smallest absolute Gasteiger partial charge is 0.433 e. The van der Waals surface area contributed by atoms with E-state index < -0.39 is 46.9 Å². The average Bonchev–Trinajstić information content (AvgIpc) is 3.56. The Kier molecular flexibility index (Phi) is 6.82. The number of nitro groups is 1. The van der Waals surface area contributed by atoms with E-state index in [4.69, 9.17) is 9.15 Å². The van der Waals surface area contributed by atoms with Crippen LogP contribution in [0.1, 0.15) is 47.0 Å². The van der Waals surface area contributed by atoms with E-state index in [9.17, 15) is 28.5 Å². The summed E-state index contributed by atoms with van der Waals surface area (Å²) in [5.74, 6) is -3.66. The predicted molar refractivity (Wildman–Crippen MR) is 131 cm³/mol. The molecule has 38 heavy (non-hydrogen) atoms. The monoisotopic (exact) mass is 521 g/mol. The van der Waals surface area contributed by atoms with Crippen molar-refractivity contribution in [2.75, 3.05) is 6.61 Å². The van der Waals surface area contributed by atoms with Crippen molar-refractivity contribution >= 4 is 29.5 Å². The van der Waals surface area contributed by atoms with Gasteiger partial charge in [0.2, 0.25) is 5.76 Å². The second-order valence-corrected chi connectivity index (χ2v) is 8.91. The van der Waals surface area contributed by atoms with Gasteiger partial charge >= 0.3 is 11.9 Å². The van der Waals surface area contributed by atoms with Gasteiger partial charge in [-0.3, -0.25) is 14.9 Å². The number of furan rings is 1. The van der Waals surface area contributed by atoms with Gasteiger partial charge in [0.1, 0.15) is 16.6 Å². The first-order valence-corrected chi connectivity index (χ1v) is 11.8. The summed E-state index contributed by atoms with van der Waals surface area (Å²) in [6.07, 6.45) is 4.16. The van der Waals surface area contributed by atoms with Crippen molar-refractivity contribution in [3.63, 3.8) is 0 Å². The summed E-state index contributed by atoms with van der Waals surface area (Å²) in [4.78, 5) is 35.5. The molecule has 11 heteroatoms. The van der Waals surface area contributed by atoms with Crippen molar-refractivity contribution in [2.24, 2.45) is 11.0 Å². The Hall–Kier alpha value is -4.67. The Balaban J connectivity index is 1.41. The highest BCUT2D eigenvalue weighted by molar-refractivity contribution is 6.08. The Labute approximate surface area is 215 Å². The molecule has 1 aliphatic carbocycles.